The van der Waals surface area contributed by atoms with Gasteiger partial charge in [0, 0.05) is 11.1 Å². The fourth-order valence-electron chi connectivity index (χ4n) is 1.59. The average molecular weight is 279 g/mol. The number of nitrogen functional groups attached to an aromatic ring is 1. The summed E-state index contributed by atoms with van der Waals surface area (Å²) in [6.45, 7) is 3.66. The number of anilines is 1. The molecule has 0 aliphatic carbocycles. The molecule has 1 aromatic carbocycles. The monoisotopic (exact) mass is 279 g/mol. The number of rotatable bonds is 2. The molecule has 6 nitrogen and oxygen atoms in total. The van der Waals surface area contributed by atoms with Crippen LogP contribution in [0.25, 0.3) is 11.3 Å². The zero-order chi connectivity index (χ0) is 15.2. The van der Waals surface area contributed by atoms with Crippen LogP contribution in [0.15, 0.2) is 47.6 Å². The van der Waals surface area contributed by atoms with Gasteiger partial charge < -0.3 is 16.7 Å². The number of aromatic hydroxyl groups is 1. The summed E-state index contributed by atoms with van der Waals surface area (Å²) in [6, 6.07) is 8.46. The van der Waals surface area contributed by atoms with Gasteiger partial charge in [-0.25, -0.2) is 0 Å². The molecular formula is C15H13N5O. The number of nitrogens with zero attached hydrogens (tertiary/aromatic N) is 3. The summed E-state index contributed by atoms with van der Waals surface area (Å²) in [5.74, 6) is 10.9. The number of phenolic OH excluding ortho intramolecular Hbond substituents is 1. The van der Waals surface area contributed by atoms with Crippen molar-refractivity contribution >= 4 is 12.0 Å². The first-order valence-electron chi connectivity index (χ1n) is 5.97. The molecule has 2 aromatic rings. The van der Waals surface area contributed by atoms with E-state index in [2.05, 4.69) is 33.7 Å². The Kier molecular flexibility index (Phi) is 4.17. The van der Waals surface area contributed by atoms with Crippen LogP contribution in [0.2, 0.25) is 0 Å². The molecule has 0 amide bonds. The van der Waals surface area contributed by atoms with Gasteiger partial charge in [-0.1, -0.05) is 30.6 Å². The van der Waals surface area contributed by atoms with Crippen LogP contribution >= 0.6 is 0 Å². The first-order valence-corrected chi connectivity index (χ1v) is 5.97. The van der Waals surface area contributed by atoms with Crippen LogP contribution in [-0.2, 0) is 0 Å². The van der Waals surface area contributed by atoms with Gasteiger partial charge in [-0.15, -0.1) is 10.2 Å². The van der Waals surface area contributed by atoms with E-state index in [1.165, 1.54) is 6.21 Å². The van der Waals surface area contributed by atoms with Crippen LogP contribution in [0, 0.1) is 11.8 Å². The number of phenols is 1. The van der Waals surface area contributed by atoms with Crippen LogP contribution in [-0.4, -0.2) is 21.5 Å². The first-order chi connectivity index (χ1) is 10.1. The van der Waals surface area contributed by atoms with E-state index < -0.39 is 0 Å². The third kappa shape index (κ3) is 3.36. The maximum atomic E-state index is 9.83. The second kappa shape index (κ2) is 6.21. The van der Waals surface area contributed by atoms with Gasteiger partial charge in [0.15, 0.2) is 5.82 Å². The summed E-state index contributed by atoms with van der Waals surface area (Å²) in [7, 11) is 0. The van der Waals surface area contributed by atoms with Crippen molar-refractivity contribution in [1.29, 1.82) is 0 Å². The number of hydrogen-bond donors (Lipinski definition) is 3. The van der Waals surface area contributed by atoms with Crippen LogP contribution < -0.4 is 11.6 Å². The highest BCUT2D eigenvalue weighted by Gasteiger charge is 2.08. The van der Waals surface area contributed by atoms with Gasteiger partial charge in [-0.05, 0) is 18.2 Å². The van der Waals surface area contributed by atoms with Crippen LogP contribution in [0.3, 0.4) is 0 Å². The number of para-hydroxylation sites is 1. The van der Waals surface area contributed by atoms with E-state index in [9.17, 15) is 5.11 Å². The highest BCUT2D eigenvalue weighted by molar-refractivity contribution is 5.84. The average Bonchev–Trinajstić information content (AvgIpc) is 2.47. The Hall–Kier alpha value is -3.33. The van der Waals surface area contributed by atoms with Crippen LogP contribution in [0.4, 0.5) is 5.82 Å². The Bertz CT molecular complexity index is 771. The molecule has 0 bridgehead atoms. The lowest BCUT2D eigenvalue weighted by atomic mass is 10.1. The molecule has 0 saturated carbocycles. The minimum Gasteiger partial charge on any atom is -0.507 e. The lowest BCUT2D eigenvalue weighted by Gasteiger charge is -2.04. The maximum absolute atomic E-state index is 9.83. The predicted octanol–water partition coefficient (Wildman–Crippen LogP) is 1.28. The quantitative estimate of drug-likeness (QED) is 0.332. The Morgan fingerprint density at radius 2 is 2.10 bits per heavy atom. The third-order valence-corrected chi connectivity index (χ3v) is 2.59. The Morgan fingerprint density at radius 3 is 2.81 bits per heavy atom. The van der Waals surface area contributed by atoms with Gasteiger partial charge in [0.1, 0.15) is 5.75 Å². The van der Waals surface area contributed by atoms with E-state index in [1.807, 2.05) is 0 Å². The normalized spacial score (nSPS) is 10.1. The van der Waals surface area contributed by atoms with E-state index in [0.29, 0.717) is 22.4 Å². The number of allylic oxidation sites excluding steroid dienone is 1. The maximum Gasteiger partial charge on any atom is 0.161 e. The van der Waals surface area contributed by atoms with E-state index >= 15 is 0 Å². The fourth-order valence-corrected chi connectivity index (χ4v) is 1.59. The standard InChI is InChI=1S/C15H13N5O/c1-10(9-18-17)6-7-11-8-13(19-20-15(11)16)12-4-2-3-5-14(12)21/h2-5,8-9,21H,1,17H2,(H2,16,20)/b18-9-. The molecule has 5 N–H and O–H groups in total. The van der Waals surface area contributed by atoms with Crippen molar-refractivity contribution in [3.63, 3.8) is 0 Å². The molecule has 0 aliphatic rings. The number of aromatic nitrogens is 2. The molecule has 104 valence electrons. The second-order valence-electron chi connectivity index (χ2n) is 4.10. The van der Waals surface area contributed by atoms with Crippen molar-refractivity contribution in [2.75, 3.05) is 5.73 Å². The molecule has 0 saturated heterocycles. The molecule has 0 aliphatic heterocycles. The molecule has 0 fully saturated rings. The van der Waals surface area contributed by atoms with Gasteiger partial charge in [0.05, 0.1) is 17.5 Å². The second-order valence-corrected chi connectivity index (χ2v) is 4.10. The molecule has 2 rings (SSSR count). The largest absolute Gasteiger partial charge is 0.507 e. The van der Waals surface area contributed by atoms with Gasteiger partial charge >= 0.3 is 0 Å². The summed E-state index contributed by atoms with van der Waals surface area (Å²) in [5, 5.41) is 21.0. The summed E-state index contributed by atoms with van der Waals surface area (Å²) in [5.41, 5.74) is 7.69. The Labute approximate surface area is 121 Å². The highest BCUT2D eigenvalue weighted by Crippen LogP contribution is 2.27. The van der Waals surface area contributed by atoms with Gasteiger partial charge in [0.2, 0.25) is 0 Å². The van der Waals surface area contributed by atoms with Crippen LogP contribution in [0.5, 0.6) is 5.75 Å². The number of benzene rings is 1. The van der Waals surface area contributed by atoms with Crippen molar-refractivity contribution in [3.05, 3.63) is 48.0 Å². The molecule has 6 heteroatoms. The molecule has 0 radical (unpaired) electrons. The topological polar surface area (TPSA) is 110 Å². The zero-order valence-electron chi connectivity index (χ0n) is 11.1. The molecule has 0 atom stereocenters. The van der Waals surface area contributed by atoms with Crippen LogP contribution in [0.1, 0.15) is 5.56 Å². The lowest BCUT2D eigenvalue weighted by molar-refractivity contribution is 0.477. The van der Waals surface area contributed by atoms with Crippen molar-refractivity contribution in [2.45, 2.75) is 0 Å². The minimum absolute atomic E-state index is 0.107. The fraction of sp³-hybridized carbons (Fsp3) is 0. The number of hydrazone groups is 1. The smallest absolute Gasteiger partial charge is 0.161 e. The molecule has 0 spiro atoms. The number of hydrogen-bond acceptors (Lipinski definition) is 6. The first kappa shape index (κ1) is 14.1. The SMILES string of the molecule is C=C(C#Cc1cc(-c2ccccc2O)nnc1N)/C=N\N. The molecule has 0 unspecified atom stereocenters. The summed E-state index contributed by atoms with van der Waals surface area (Å²) >= 11 is 0. The molecule has 1 heterocycles. The summed E-state index contributed by atoms with van der Waals surface area (Å²) < 4.78 is 0. The van der Waals surface area contributed by atoms with Gasteiger partial charge in [-0.2, -0.15) is 5.10 Å². The molecule has 1 aromatic heterocycles. The predicted molar refractivity (Wildman–Crippen MR) is 82.2 cm³/mol. The van der Waals surface area contributed by atoms with E-state index in [-0.39, 0.29) is 11.6 Å². The minimum atomic E-state index is 0.107. The van der Waals surface area contributed by atoms with Gasteiger partial charge in [-0.3, -0.25) is 0 Å². The summed E-state index contributed by atoms with van der Waals surface area (Å²) in [4.78, 5) is 0. The zero-order valence-corrected chi connectivity index (χ0v) is 11.1. The van der Waals surface area contributed by atoms with Crippen molar-refractivity contribution in [2.24, 2.45) is 10.9 Å². The Balaban J connectivity index is 2.43. The van der Waals surface area contributed by atoms with Gasteiger partial charge in [0.25, 0.3) is 0 Å². The lowest BCUT2D eigenvalue weighted by Crippen LogP contribution is -1.99. The highest BCUT2D eigenvalue weighted by atomic mass is 16.3. The van der Waals surface area contributed by atoms with E-state index in [4.69, 9.17) is 11.6 Å². The van der Waals surface area contributed by atoms with Crippen molar-refractivity contribution < 1.29 is 5.11 Å². The molecular weight excluding hydrogens is 266 g/mol. The van der Waals surface area contributed by atoms with E-state index in [1.54, 1.807) is 30.3 Å². The van der Waals surface area contributed by atoms with Crippen molar-refractivity contribution in [1.82, 2.24) is 10.2 Å². The Morgan fingerprint density at radius 1 is 1.33 bits per heavy atom. The van der Waals surface area contributed by atoms with E-state index in [0.717, 1.165) is 0 Å². The molecule has 21 heavy (non-hydrogen) atoms. The summed E-state index contributed by atoms with van der Waals surface area (Å²) in [6.07, 6.45) is 1.34. The number of nitrogens with two attached hydrogens (primary N) is 2. The van der Waals surface area contributed by atoms with Crippen molar-refractivity contribution in [3.8, 4) is 28.8 Å². The third-order valence-electron chi connectivity index (χ3n) is 2.59.